The summed E-state index contributed by atoms with van der Waals surface area (Å²) in [5.74, 6) is -0.235. The fourth-order valence-corrected chi connectivity index (χ4v) is 6.74. The summed E-state index contributed by atoms with van der Waals surface area (Å²) in [4.78, 5) is -0.0906. The van der Waals surface area contributed by atoms with Crippen LogP contribution < -0.4 is 24.2 Å². The number of allylic oxidation sites excluding steroid dienone is 2. The monoisotopic (exact) mass is 531 g/mol. The van der Waals surface area contributed by atoms with Crippen LogP contribution in [0.15, 0.2) is 83.1 Å². The minimum atomic E-state index is -4.22. The highest BCUT2D eigenvalue weighted by molar-refractivity contribution is 7.96. The first-order chi connectivity index (χ1) is 18.3. The first-order valence-corrected chi connectivity index (χ1v) is 13.1. The molecule has 9 nitrogen and oxygen atoms in total. The number of nitrogens with two attached hydrogens (primary N) is 1. The lowest BCUT2D eigenvalue weighted by atomic mass is 9.87. The molecular weight excluding hydrogens is 506 g/mol. The number of nitrogens with zero attached hydrogens (tertiary/aromatic N) is 2. The number of hydrogen-bond acceptors (Lipinski definition) is 8. The lowest BCUT2D eigenvalue weighted by molar-refractivity contribution is 0.323. The van der Waals surface area contributed by atoms with Crippen molar-refractivity contribution in [2.75, 3.05) is 25.6 Å². The van der Waals surface area contributed by atoms with Crippen LogP contribution in [0.2, 0.25) is 0 Å². The molecule has 10 heteroatoms. The molecule has 0 amide bonds. The molecule has 0 fully saturated rings. The lowest BCUT2D eigenvalue weighted by Gasteiger charge is -2.38. The van der Waals surface area contributed by atoms with Gasteiger partial charge in [0, 0.05) is 5.56 Å². The maximum Gasteiger partial charge on any atom is 0.265 e. The Morgan fingerprint density at radius 1 is 0.974 bits per heavy atom. The molecule has 2 aliphatic rings. The number of rotatable bonds is 6. The highest BCUT2D eigenvalue weighted by Gasteiger charge is 2.47. The van der Waals surface area contributed by atoms with Crippen LogP contribution in [0.5, 0.6) is 17.2 Å². The van der Waals surface area contributed by atoms with Crippen molar-refractivity contribution in [2.45, 2.75) is 12.5 Å². The average Bonchev–Trinajstić information content (AvgIpc) is 2.94. The van der Waals surface area contributed by atoms with Gasteiger partial charge in [0.25, 0.3) is 10.0 Å². The van der Waals surface area contributed by atoms with Crippen LogP contribution in [-0.2, 0) is 21.3 Å². The summed E-state index contributed by atoms with van der Waals surface area (Å²) in [6, 6.07) is 21.6. The van der Waals surface area contributed by atoms with E-state index >= 15 is 0 Å². The third-order valence-corrected chi connectivity index (χ3v) is 8.43. The van der Waals surface area contributed by atoms with Gasteiger partial charge in [-0.1, -0.05) is 42.5 Å². The zero-order chi connectivity index (χ0) is 27.0. The molecule has 38 heavy (non-hydrogen) atoms. The van der Waals surface area contributed by atoms with Crippen LogP contribution in [0.25, 0.3) is 5.76 Å². The Kier molecular flexibility index (Phi) is 6.38. The summed E-state index contributed by atoms with van der Waals surface area (Å²) in [5, 5.41) is 10.1. The molecule has 2 N–H and O–H groups in total. The summed E-state index contributed by atoms with van der Waals surface area (Å²) < 4.78 is 52.5. The Morgan fingerprint density at radius 2 is 1.61 bits per heavy atom. The van der Waals surface area contributed by atoms with E-state index < -0.39 is 15.9 Å². The molecule has 1 unspecified atom stereocenters. The molecule has 2 aliphatic heterocycles. The smallest absolute Gasteiger partial charge is 0.265 e. The van der Waals surface area contributed by atoms with Gasteiger partial charge < -0.3 is 24.7 Å². The molecule has 0 spiro atoms. The largest absolute Gasteiger partial charge is 0.493 e. The highest BCUT2D eigenvalue weighted by atomic mass is 32.2. The molecule has 0 radical (unpaired) electrons. The van der Waals surface area contributed by atoms with Crippen molar-refractivity contribution in [3.05, 3.63) is 99.8 Å². The molecule has 0 saturated carbocycles. The molecule has 3 aromatic rings. The van der Waals surface area contributed by atoms with Gasteiger partial charge in [-0.3, -0.25) is 4.31 Å². The minimum absolute atomic E-state index is 0.0411. The standard InChI is InChI=1S/C28H25N3O6S/c1-34-22-13-18(14-23(35-2)26(22)36-3)24-20(15-29)28(30)37-25-19-11-7-8-12-21(19)31(38(32,33)27(24)25)16-17-9-5-4-6-10-17/h4-14,24H,16,30H2,1-3H3. The van der Waals surface area contributed by atoms with Crippen molar-refractivity contribution < 1.29 is 27.4 Å². The Balaban J connectivity index is 1.79. The van der Waals surface area contributed by atoms with Crippen LogP contribution in [0.3, 0.4) is 0 Å². The zero-order valence-corrected chi connectivity index (χ0v) is 21.8. The van der Waals surface area contributed by atoms with Crippen LogP contribution in [0.4, 0.5) is 5.69 Å². The molecule has 5 rings (SSSR count). The zero-order valence-electron chi connectivity index (χ0n) is 21.0. The second kappa shape index (κ2) is 9.68. The van der Waals surface area contributed by atoms with Crippen LogP contribution in [-0.4, -0.2) is 29.7 Å². The fraction of sp³-hybridized carbons (Fsp3) is 0.179. The van der Waals surface area contributed by atoms with Crippen LogP contribution in [0.1, 0.15) is 22.6 Å². The Morgan fingerprint density at radius 3 is 2.21 bits per heavy atom. The van der Waals surface area contributed by atoms with E-state index in [4.69, 9.17) is 24.7 Å². The molecule has 194 valence electrons. The van der Waals surface area contributed by atoms with Crippen molar-refractivity contribution >= 4 is 21.5 Å². The Labute approximate surface area is 221 Å². The fourth-order valence-electron chi connectivity index (χ4n) is 4.83. The van der Waals surface area contributed by atoms with E-state index in [0.717, 1.165) is 5.56 Å². The topological polar surface area (TPSA) is 124 Å². The highest BCUT2D eigenvalue weighted by Crippen LogP contribution is 2.53. The third-order valence-electron chi connectivity index (χ3n) is 6.55. The van der Waals surface area contributed by atoms with Crippen molar-refractivity contribution in [3.8, 4) is 23.3 Å². The van der Waals surface area contributed by atoms with Gasteiger partial charge in [0.15, 0.2) is 17.3 Å². The summed E-state index contributed by atoms with van der Waals surface area (Å²) in [6.07, 6.45) is 0. The van der Waals surface area contributed by atoms with Gasteiger partial charge in [-0.2, -0.15) is 5.26 Å². The molecule has 0 aliphatic carbocycles. The van der Waals surface area contributed by atoms with E-state index in [1.807, 2.05) is 30.3 Å². The van der Waals surface area contributed by atoms with E-state index in [1.54, 1.807) is 36.4 Å². The maximum absolute atomic E-state index is 14.4. The second-order valence-electron chi connectivity index (χ2n) is 8.59. The van der Waals surface area contributed by atoms with Crippen molar-refractivity contribution in [1.29, 1.82) is 5.26 Å². The SMILES string of the molecule is COc1cc(C2C(C#N)=C(N)OC3=C2S(=O)(=O)N(Cc2ccccc2)c2ccccc23)cc(OC)c1OC. The number of fused-ring (bicyclic) bond motifs is 2. The molecule has 2 heterocycles. The minimum Gasteiger partial charge on any atom is -0.493 e. The average molecular weight is 532 g/mol. The number of sulfonamides is 1. The van der Waals surface area contributed by atoms with E-state index in [9.17, 15) is 13.7 Å². The van der Waals surface area contributed by atoms with Gasteiger partial charge in [-0.25, -0.2) is 8.42 Å². The normalized spacial score (nSPS) is 17.6. The van der Waals surface area contributed by atoms with Crippen molar-refractivity contribution in [2.24, 2.45) is 5.73 Å². The molecule has 0 saturated heterocycles. The molecule has 0 bridgehead atoms. The van der Waals surface area contributed by atoms with E-state index in [0.29, 0.717) is 34.1 Å². The van der Waals surface area contributed by atoms with Gasteiger partial charge in [0.1, 0.15) is 16.5 Å². The second-order valence-corrected chi connectivity index (χ2v) is 10.4. The van der Waals surface area contributed by atoms with Crippen molar-refractivity contribution in [1.82, 2.24) is 0 Å². The summed E-state index contributed by atoms with van der Waals surface area (Å²) in [7, 11) is 0.167. The first kappa shape index (κ1) is 25.0. The molecule has 1 atom stereocenters. The number of ether oxygens (including phenoxy) is 4. The summed E-state index contributed by atoms with van der Waals surface area (Å²) in [5.41, 5.74) is 8.40. The number of anilines is 1. The van der Waals surface area contributed by atoms with Gasteiger partial charge in [-0.15, -0.1) is 0 Å². The first-order valence-electron chi connectivity index (χ1n) is 11.6. The number of nitriles is 1. The van der Waals surface area contributed by atoms with Gasteiger partial charge >= 0.3 is 0 Å². The quantitative estimate of drug-likeness (QED) is 0.501. The third kappa shape index (κ3) is 3.88. The van der Waals surface area contributed by atoms with Gasteiger partial charge in [0.05, 0.1) is 39.5 Å². The van der Waals surface area contributed by atoms with Gasteiger partial charge in [0.2, 0.25) is 11.6 Å². The number of methoxy groups -OCH3 is 3. The Bertz CT molecular complexity index is 1600. The predicted octanol–water partition coefficient (Wildman–Crippen LogP) is 4.24. The summed E-state index contributed by atoms with van der Waals surface area (Å²) >= 11 is 0. The number of para-hydroxylation sites is 1. The van der Waals surface area contributed by atoms with E-state index in [1.165, 1.54) is 25.6 Å². The number of benzene rings is 3. The van der Waals surface area contributed by atoms with Crippen molar-refractivity contribution in [3.63, 3.8) is 0 Å². The molecular formula is C28H25N3O6S. The lowest BCUT2D eigenvalue weighted by Crippen LogP contribution is -2.39. The van der Waals surface area contributed by atoms with E-state index in [2.05, 4.69) is 6.07 Å². The van der Waals surface area contributed by atoms with Crippen LogP contribution in [0, 0.1) is 11.3 Å². The predicted molar refractivity (Wildman–Crippen MR) is 142 cm³/mol. The molecule has 3 aromatic carbocycles. The number of hydrogen-bond donors (Lipinski definition) is 1. The maximum atomic E-state index is 14.4. The Hall–Kier alpha value is -4.62. The molecule has 0 aromatic heterocycles. The summed E-state index contributed by atoms with van der Waals surface area (Å²) in [6.45, 7) is 0.0834. The van der Waals surface area contributed by atoms with Crippen LogP contribution >= 0.6 is 0 Å². The van der Waals surface area contributed by atoms with E-state index in [-0.39, 0.29) is 28.7 Å². The van der Waals surface area contributed by atoms with Gasteiger partial charge in [-0.05, 0) is 35.4 Å².